The van der Waals surface area contributed by atoms with E-state index in [1.54, 1.807) is 30.1 Å². The quantitative estimate of drug-likeness (QED) is 0.657. The number of aromatic nitrogens is 2. The van der Waals surface area contributed by atoms with Gasteiger partial charge in [-0.25, -0.2) is 9.78 Å². The number of amides is 2. The van der Waals surface area contributed by atoms with Crippen LogP contribution < -0.4 is 10.9 Å². The van der Waals surface area contributed by atoms with Crippen LogP contribution in [-0.4, -0.2) is 27.0 Å². The third kappa shape index (κ3) is 4.59. The Hall–Kier alpha value is -2.86. The van der Waals surface area contributed by atoms with Gasteiger partial charge in [0.2, 0.25) is 0 Å². The van der Waals surface area contributed by atoms with Crippen molar-refractivity contribution < 1.29 is 4.79 Å². The van der Waals surface area contributed by atoms with Crippen molar-refractivity contribution in [3.8, 4) is 0 Å². The molecule has 0 aliphatic carbocycles. The SMILES string of the molecule is CCCN(C(=O)NCc1ccccc1)C(C)c1nc2cc(Cl)ccc2c(=O)n1C. The summed E-state index contributed by atoms with van der Waals surface area (Å²) in [7, 11) is 1.68. The summed E-state index contributed by atoms with van der Waals surface area (Å²) in [5, 5.41) is 3.99. The summed E-state index contributed by atoms with van der Waals surface area (Å²) < 4.78 is 1.51. The number of halogens is 1. The maximum Gasteiger partial charge on any atom is 0.318 e. The van der Waals surface area contributed by atoms with E-state index >= 15 is 0 Å². The van der Waals surface area contributed by atoms with E-state index in [1.165, 1.54) is 4.57 Å². The number of fused-ring (bicyclic) bond motifs is 1. The van der Waals surface area contributed by atoms with Gasteiger partial charge in [0, 0.05) is 25.2 Å². The van der Waals surface area contributed by atoms with E-state index in [2.05, 4.69) is 10.3 Å². The van der Waals surface area contributed by atoms with Gasteiger partial charge in [0.15, 0.2) is 0 Å². The van der Waals surface area contributed by atoms with E-state index in [0.717, 1.165) is 12.0 Å². The second kappa shape index (κ2) is 9.09. The summed E-state index contributed by atoms with van der Waals surface area (Å²) in [5.74, 6) is 0.521. The van der Waals surface area contributed by atoms with Crippen LogP contribution in [0.25, 0.3) is 10.9 Å². The molecular formula is C22H25ClN4O2. The summed E-state index contributed by atoms with van der Waals surface area (Å²) in [6.07, 6.45) is 0.788. The molecule has 0 aliphatic heterocycles. The van der Waals surface area contributed by atoms with E-state index in [0.29, 0.717) is 34.8 Å². The molecule has 2 aromatic carbocycles. The van der Waals surface area contributed by atoms with Crippen LogP contribution >= 0.6 is 11.6 Å². The first-order valence-electron chi connectivity index (χ1n) is 9.67. The number of hydrogen-bond donors (Lipinski definition) is 1. The predicted octanol–water partition coefficient (Wildman–Crippen LogP) is 4.27. The lowest BCUT2D eigenvalue weighted by atomic mass is 10.2. The van der Waals surface area contributed by atoms with Gasteiger partial charge in [-0.2, -0.15) is 0 Å². The van der Waals surface area contributed by atoms with Crippen molar-refractivity contribution in [1.29, 1.82) is 0 Å². The largest absolute Gasteiger partial charge is 0.334 e. The highest BCUT2D eigenvalue weighted by Gasteiger charge is 2.24. The molecule has 7 heteroatoms. The van der Waals surface area contributed by atoms with Gasteiger partial charge in [0.05, 0.1) is 16.9 Å². The number of benzene rings is 2. The molecule has 3 aromatic rings. The Morgan fingerprint density at radius 2 is 1.97 bits per heavy atom. The topological polar surface area (TPSA) is 67.2 Å². The van der Waals surface area contributed by atoms with Crippen molar-refractivity contribution in [2.75, 3.05) is 6.54 Å². The Kier molecular flexibility index (Phi) is 6.54. The minimum atomic E-state index is -0.383. The molecule has 0 saturated heterocycles. The van der Waals surface area contributed by atoms with Crippen molar-refractivity contribution in [3.05, 3.63) is 75.3 Å². The van der Waals surface area contributed by atoms with E-state index in [-0.39, 0.29) is 17.6 Å². The average molecular weight is 413 g/mol. The Morgan fingerprint density at radius 1 is 1.24 bits per heavy atom. The molecule has 0 fully saturated rings. The number of nitrogens with one attached hydrogen (secondary N) is 1. The maximum atomic E-state index is 12.9. The molecule has 0 radical (unpaired) electrons. The second-order valence-electron chi connectivity index (χ2n) is 7.01. The third-order valence-electron chi connectivity index (χ3n) is 4.93. The Bertz CT molecular complexity index is 1070. The number of carbonyl (C=O) groups excluding carboxylic acids is 1. The van der Waals surface area contributed by atoms with Gasteiger partial charge < -0.3 is 10.2 Å². The molecule has 0 saturated carbocycles. The number of rotatable bonds is 6. The molecule has 1 unspecified atom stereocenters. The highest BCUT2D eigenvalue weighted by atomic mass is 35.5. The molecule has 0 spiro atoms. The highest BCUT2D eigenvalue weighted by molar-refractivity contribution is 6.31. The highest BCUT2D eigenvalue weighted by Crippen LogP contribution is 2.21. The zero-order valence-electron chi connectivity index (χ0n) is 16.9. The molecule has 1 heterocycles. The lowest BCUT2D eigenvalue weighted by Crippen LogP contribution is -2.43. The summed E-state index contributed by atoms with van der Waals surface area (Å²) in [6.45, 7) is 4.88. The fourth-order valence-corrected chi connectivity index (χ4v) is 3.53. The smallest absolute Gasteiger partial charge is 0.318 e. The maximum absolute atomic E-state index is 12.9. The second-order valence-corrected chi connectivity index (χ2v) is 7.45. The van der Waals surface area contributed by atoms with Crippen LogP contribution in [0, 0.1) is 0 Å². The van der Waals surface area contributed by atoms with Crippen LogP contribution in [0.3, 0.4) is 0 Å². The van der Waals surface area contributed by atoms with Crippen molar-refractivity contribution in [3.63, 3.8) is 0 Å². The molecular weight excluding hydrogens is 388 g/mol. The van der Waals surface area contributed by atoms with Crippen molar-refractivity contribution >= 4 is 28.5 Å². The zero-order chi connectivity index (χ0) is 21.0. The number of urea groups is 1. The first kappa shape index (κ1) is 20.9. The molecule has 152 valence electrons. The minimum absolute atomic E-state index is 0.158. The van der Waals surface area contributed by atoms with Crippen LogP contribution in [0.4, 0.5) is 4.79 Å². The van der Waals surface area contributed by atoms with E-state index in [9.17, 15) is 9.59 Å². The fourth-order valence-electron chi connectivity index (χ4n) is 3.36. The molecule has 6 nitrogen and oxygen atoms in total. The average Bonchev–Trinajstić information content (AvgIpc) is 2.73. The molecule has 1 atom stereocenters. The van der Waals surface area contributed by atoms with Gasteiger partial charge in [-0.05, 0) is 37.1 Å². The van der Waals surface area contributed by atoms with Crippen molar-refractivity contribution in [2.45, 2.75) is 32.9 Å². The normalized spacial score (nSPS) is 12.0. The van der Waals surface area contributed by atoms with E-state index < -0.39 is 0 Å². The van der Waals surface area contributed by atoms with Gasteiger partial charge in [0.25, 0.3) is 5.56 Å². The number of nitrogens with zero attached hydrogens (tertiary/aromatic N) is 3. The van der Waals surface area contributed by atoms with Gasteiger partial charge in [-0.1, -0.05) is 48.9 Å². The lowest BCUT2D eigenvalue weighted by Gasteiger charge is -2.29. The number of hydrogen-bond acceptors (Lipinski definition) is 3. The van der Waals surface area contributed by atoms with Crippen LogP contribution in [-0.2, 0) is 13.6 Å². The molecule has 3 rings (SSSR count). The monoisotopic (exact) mass is 412 g/mol. The molecule has 0 bridgehead atoms. The third-order valence-corrected chi connectivity index (χ3v) is 5.16. The summed E-state index contributed by atoms with van der Waals surface area (Å²) in [5.41, 5.74) is 1.40. The summed E-state index contributed by atoms with van der Waals surface area (Å²) in [6, 6.07) is 14.2. The lowest BCUT2D eigenvalue weighted by molar-refractivity contribution is 0.174. The first-order chi connectivity index (χ1) is 13.9. The van der Waals surface area contributed by atoms with Crippen molar-refractivity contribution in [2.24, 2.45) is 7.05 Å². The van der Waals surface area contributed by atoms with Gasteiger partial charge in [-0.3, -0.25) is 9.36 Å². The fraction of sp³-hybridized carbons (Fsp3) is 0.318. The molecule has 0 aliphatic rings. The van der Waals surface area contributed by atoms with Gasteiger partial charge in [0.1, 0.15) is 5.82 Å². The van der Waals surface area contributed by atoms with Crippen LogP contribution in [0.15, 0.2) is 53.3 Å². The predicted molar refractivity (Wildman–Crippen MR) is 116 cm³/mol. The van der Waals surface area contributed by atoms with E-state index in [1.807, 2.05) is 44.2 Å². The van der Waals surface area contributed by atoms with Gasteiger partial charge in [-0.15, -0.1) is 0 Å². The Balaban J connectivity index is 1.90. The molecule has 2 amide bonds. The van der Waals surface area contributed by atoms with Crippen LogP contribution in [0.5, 0.6) is 0 Å². The molecule has 29 heavy (non-hydrogen) atoms. The van der Waals surface area contributed by atoms with Crippen molar-refractivity contribution in [1.82, 2.24) is 19.8 Å². The Labute approximate surface area is 175 Å². The molecule has 1 aromatic heterocycles. The zero-order valence-corrected chi connectivity index (χ0v) is 17.6. The molecule has 1 N–H and O–H groups in total. The standard InChI is InChI=1S/C22H25ClN4O2/c1-4-12-27(22(29)24-14-16-8-6-5-7-9-16)15(2)20-25-19-13-17(23)10-11-18(19)21(28)26(20)3/h5-11,13,15H,4,12,14H2,1-3H3,(H,24,29). The first-order valence-corrected chi connectivity index (χ1v) is 10.0. The van der Waals surface area contributed by atoms with E-state index in [4.69, 9.17) is 11.6 Å². The Morgan fingerprint density at radius 3 is 2.66 bits per heavy atom. The number of carbonyl (C=O) groups is 1. The summed E-state index contributed by atoms with van der Waals surface area (Å²) >= 11 is 6.08. The minimum Gasteiger partial charge on any atom is -0.334 e. The van der Waals surface area contributed by atoms with Crippen LogP contribution in [0.2, 0.25) is 5.02 Å². The van der Waals surface area contributed by atoms with Gasteiger partial charge >= 0.3 is 6.03 Å². The van der Waals surface area contributed by atoms with Crippen LogP contribution in [0.1, 0.15) is 37.7 Å². The summed E-state index contributed by atoms with van der Waals surface area (Å²) in [4.78, 5) is 32.1.